The third-order valence-electron chi connectivity index (χ3n) is 7.25. The van der Waals surface area contributed by atoms with Gasteiger partial charge in [-0.3, -0.25) is 4.99 Å². The third-order valence-corrected chi connectivity index (χ3v) is 7.25. The first-order chi connectivity index (χ1) is 17.4. The molecule has 2 aliphatic heterocycles. The molecule has 1 aromatic heterocycles. The minimum absolute atomic E-state index is 0.0514. The summed E-state index contributed by atoms with van der Waals surface area (Å²) in [7, 11) is 3.23. The predicted octanol–water partition coefficient (Wildman–Crippen LogP) is 3.58. The van der Waals surface area contributed by atoms with Crippen molar-refractivity contribution in [1.29, 1.82) is 0 Å². The van der Waals surface area contributed by atoms with Gasteiger partial charge in [0, 0.05) is 45.3 Å². The van der Waals surface area contributed by atoms with Gasteiger partial charge >= 0.3 is 0 Å². The highest BCUT2D eigenvalue weighted by atomic mass is 19.2. The number of methoxy groups -OCH3 is 1. The Labute approximate surface area is 207 Å². The Balaban J connectivity index is 1.34. The highest BCUT2D eigenvalue weighted by molar-refractivity contribution is 5.88. The standard InChI is InChI=1S/C24H29F3N8O/c1-28-18(11-19(29-2)36-3)33-12-14-5-6-15(13-33)22(14)30-23-31-24-34(9-4-10-35(24)32-23)17-8-7-16(25)20(26)21(17)27/h7-8,11,14-15,22H,1,4-6,9-10,12-13H2,2-3H3,(H,30,32)/b18-11+,29-19?/t14-,15+,22?. The topological polar surface area (TPSA) is 83.2 Å². The molecule has 1 saturated heterocycles. The SMILES string of the molecule is C=N/C(=C\C(=NC)OC)N1C[C@H]2CC[C@@H](C1)C2Nc1nc2n(n1)CCCN2c1ccc(F)c(F)c1F. The molecule has 2 aromatic rings. The first-order valence-corrected chi connectivity index (χ1v) is 12.0. The van der Waals surface area contributed by atoms with Crippen LogP contribution in [-0.2, 0) is 11.3 Å². The van der Waals surface area contributed by atoms with Gasteiger partial charge in [0.15, 0.2) is 17.5 Å². The Bertz CT molecular complexity index is 1200. The van der Waals surface area contributed by atoms with E-state index in [1.807, 2.05) is 0 Å². The monoisotopic (exact) mass is 502 g/mol. The molecular formula is C24H29F3N8O. The number of halogens is 3. The molecule has 9 nitrogen and oxygen atoms in total. The minimum atomic E-state index is -1.49. The van der Waals surface area contributed by atoms with Gasteiger partial charge in [0.25, 0.3) is 0 Å². The molecule has 2 bridgehead atoms. The fraction of sp³-hybridized carbons (Fsp3) is 0.500. The average molecular weight is 503 g/mol. The predicted molar refractivity (Wildman–Crippen MR) is 131 cm³/mol. The zero-order valence-corrected chi connectivity index (χ0v) is 20.3. The Morgan fingerprint density at radius 3 is 2.58 bits per heavy atom. The van der Waals surface area contributed by atoms with Crippen LogP contribution in [0.25, 0.3) is 0 Å². The number of benzene rings is 1. The Morgan fingerprint density at radius 2 is 1.92 bits per heavy atom. The maximum Gasteiger partial charge on any atom is 0.244 e. The number of nitrogens with zero attached hydrogens (tertiary/aromatic N) is 7. The van der Waals surface area contributed by atoms with Crippen LogP contribution < -0.4 is 10.2 Å². The molecule has 3 atom stereocenters. The molecule has 2 fully saturated rings. The van der Waals surface area contributed by atoms with E-state index in [1.54, 1.807) is 29.8 Å². The largest absolute Gasteiger partial charge is 0.481 e. The first-order valence-electron chi connectivity index (χ1n) is 12.0. The number of hydrogen-bond donors (Lipinski definition) is 1. The Kier molecular flexibility index (Phi) is 6.59. The molecule has 3 aliphatic rings. The van der Waals surface area contributed by atoms with Crippen molar-refractivity contribution in [2.45, 2.75) is 31.8 Å². The van der Waals surface area contributed by atoms with Gasteiger partial charge in [0.05, 0.1) is 12.8 Å². The number of aromatic nitrogens is 3. The van der Waals surface area contributed by atoms with Gasteiger partial charge in [-0.05, 0) is 49.9 Å². The van der Waals surface area contributed by atoms with Crippen LogP contribution in [0, 0.1) is 29.3 Å². The lowest BCUT2D eigenvalue weighted by atomic mass is 9.92. The second-order valence-electron chi connectivity index (χ2n) is 9.26. The number of piperidine rings is 1. The summed E-state index contributed by atoms with van der Waals surface area (Å²) in [5.41, 5.74) is -0.0514. The van der Waals surface area contributed by atoms with E-state index in [9.17, 15) is 13.2 Å². The van der Waals surface area contributed by atoms with E-state index in [0.29, 0.717) is 49.1 Å². The summed E-state index contributed by atoms with van der Waals surface area (Å²) in [5, 5.41) is 8.11. The van der Waals surface area contributed by atoms with Crippen molar-refractivity contribution in [2.75, 3.05) is 44.0 Å². The lowest BCUT2D eigenvalue weighted by molar-refractivity contribution is 0.192. The average Bonchev–Trinajstić information content (AvgIpc) is 3.39. The molecule has 36 heavy (non-hydrogen) atoms. The fourth-order valence-electron chi connectivity index (χ4n) is 5.53. The van der Waals surface area contributed by atoms with E-state index >= 15 is 0 Å². The quantitative estimate of drug-likeness (QED) is 0.370. The van der Waals surface area contributed by atoms with Gasteiger partial charge < -0.3 is 19.9 Å². The molecule has 1 unspecified atom stereocenters. The van der Waals surface area contributed by atoms with E-state index in [4.69, 9.17) is 4.74 Å². The van der Waals surface area contributed by atoms with Crippen LogP contribution in [-0.4, -0.2) is 72.1 Å². The van der Waals surface area contributed by atoms with Crippen molar-refractivity contribution < 1.29 is 17.9 Å². The molecule has 1 N–H and O–H groups in total. The number of fused-ring (bicyclic) bond motifs is 3. The van der Waals surface area contributed by atoms with E-state index in [0.717, 1.165) is 37.8 Å². The second kappa shape index (κ2) is 9.82. The van der Waals surface area contributed by atoms with Crippen molar-refractivity contribution in [3.05, 3.63) is 41.5 Å². The summed E-state index contributed by atoms with van der Waals surface area (Å²) in [5.74, 6) is -1.17. The number of rotatable bonds is 6. The van der Waals surface area contributed by atoms with E-state index in [2.05, 4.69) is 37.0 Å². The van der Waals surface area contributed by atoms with Gasteiger partial charge in [0.2, 0.25) is 17.8 Å². The molecule has 3 heterocycles. The summed E-state index contributed by atoms with van der Waals surface area (Å²) < 4.78 is 48.8. The van der Waals surface area contributed by atoms with Gasteiger partial charge in [-0.2, -0.15) is 4.98 Å². The maximum absolute atomic E-state index is 14.5. The second-order valence-corrected chi connectivity index (χ2v) is 9.26. The number of ether oxygens (including phenoxy) is 1. The lowest BCUT2D eigenvalue weighted by Gasteiger charge is -2.39. The molecule has 1 saturated carbocycles. The summed E-state index contributed by atoms with van der Waals surface area (Å²) >= 11 is 0. The van der Waals surface area contributed by atoms with E-state index < -0.39 is 17.5 Å². The lowest BCUT2D eigenvalue weighted by Crippen LogP contribution is -2.47. The van der Waals surface area contributed by atoms with Gasteiger partial charge in [0.1, 0.15) is 5.82 Å². The third kappa shape index (κ3) is 4.28. The molecular weight excluding hydrogens is 473 g/mol. The number of hydrogen-bond acceptors (Lipinski definition) is 8. The highest BCUT2D eigenvalue weighted by Gasteiger charge is 2.43. The fourth-order valence-corrected chi connectivity index (χ4v) is 5.53. The van der Waals surface area contributed by atoms with E-state index in [1.165, 1.54) is 6.07 Å². The van der Waals surface area contributed by atoms with Crippen LogP contribution in [0.5, 0.6) is 0 Å². The Hall–Kier alpha value is -3.57. The minimum Gasteiger partial charge on any atom is -0.481 e. The zero-order chi connectivity index (χ0) is 25.4. The van der Waals surface area contributed by atoms with Crippen LogP contribution in [0.3, 0.4) is 0 Å². The number of aliphatic imine (C=N–C) groups is 2. The summed E-state index contributed by atoms with van der Waals surface area (Å²) in [6.45, 7) is 6.34. The van der Waals surface area contributed by atoms with Crippen LogP contribution in [0.1, 0.15) is 19.3 Å². The molecule has 12 heteroatoms. The number of aryl methyl sites for hydroxylation is 1. The number of anilines is 3. The van der Waals surface area contributed by atoms with Crippen molar-refractivity contribution in [3.63, 3.8) is 0 Å². The molecule has 1 aliphatic carbocycles. The normalized spacial score (nSPS) is 24.1. The molecule has 0 radical (unpaired) electrons. The van der Waals surface area contributed by atoms with Crippen LogP contribution in [0.2, 0.25) is 0 Å². The molecule has 1 aromatic carbocycles. The Morgan fingerprint density at radius 1 is 1.17 bits per heavy atom. The van der Waals surface area contributed by atoms with E-state index in [-0.39, 0.29) is 11.7 Å². The van der Waals surface area contributed by atoms with Crippen molar-refractivity contribution >= 4 is 30.2 Å². The maximum atomic E-state index is 14.5. The molecule has 5 rings (SSSR count). The number of likely N-dealkylation sites (tertiary alicyclic amines) is 1. The first kappa shape index (κ1) is 24.1. The van der Waals surface area contributed by atoms with Gasteiger partial charge in [-0.1, -0.05) is 0 Å². The van der Waals surface area contributed by atoms with Gasteiger partial charge in [-0.15, -0.1) is 5.10 Å². The molecule has 192 valence electrons. The summed E-state index contributed by atoms with van der Waals surface area (Å²) in [4.78, 5) is 16.7. The van der Waals surface area contributed by atoms with Crippen molar-refractivity contribution in [2.24, 2.45) is 21.8 Å². The van der Waals surface area contributed by atoms with Gasteiger partial charge in [-0.25, -0.2) is 22.8 Å². The summed E-state index contributed by atoms with van der Waals surface area (Å²) in [6, 6.07) is 2.33. The molecule has 0 amide bonds. The van der Waals surface area contributed by atoms with Crippen LogP contribution >= 0.6 is 0 Å². The smallest absolute Gasteiger partial charge is 0.244 e. The number of nitrogens with one attached hydrogen (secondary N) is 1. The zero-order valence-electron chi connectivity index (χ0n) is 20.3. The highest BCUT2D eigenvalue weighted by Crippen LogP contribution is 2.40. The summed E-state index contributed by atoms with van der Waals surface area (Å²) in [6.07, 6.45) is 4.58. The van der Waals surface area contributed by atoms with Crippen molar-refractivity contribution in [3.8, 4) is 0 Å². The van der Waals surface area contributed by atoms with Crippen LogP contribution in [0.15, 0.2) is 34.0 Å². The molecule has 0 spiro atoms. The van der Waals surface area contributed by atoms with Crippen molar-refractivity contribution in [1.82, 2.24) is 19.7 Å². The van der Waals surface area contributed by atoms with Crippen LogP contribution in [0.4, 0.5) is 30.8 Å².